The van der Waals surface area contributed by atoms with E-state index in [1.807, 2.05) is 39.0 Å². The van der Waals surface area contributed by atoms with Crippen molar-refractivity contribution < 1.29 is 4.74 Å². The first-order valence-corrected chi connectivity index (χ1v) is 10.3. The first kappa shape index (κ1) is 21.4. The number of benzene rings is 1. The third kappa shape index (κ3) is 4.82. The normalized spacial score (nSPS) is 15.6. The molecule has 1 aliphatic heterocycles. The van der Waals surface area contributed by atoms with Crippen LogP contribution in [0.5, 0.6) is 0 Å². The number of H-pyrrole nitrogens is 1. The van der Waals surface area contributed by atoms with Gasteiger partial charge in [0.1, 0.15) is 5.84 Å². The summed E-state index contributed by atoms with van der Waals surface area (Å²) in [5.74, 6) is 0.381. The van der Waals surface area contributed by atoms with Gasteiger partial charge in [-0.2, -0.15) is 0 Å². The fraction of sp³-hybridized carbons (Fsp3) is 0.455. The SMILES string of the molecule is Cc1cc(C)c(CN=C(N)c2cc(Cl)cc(N(C)C3CCOCC3)c2C)c(=O)[nH]1. The first-order valence-electron chi connectivity index (χ1n) is 9.88. The lowest BCUT2D eigenvalue weighted by molar-refractivity contribution is 0.0854. The first-order chi connectivity index (χ1) is 13.8. The van der Waals surface area contributed by atoms with Crippen LogP contribution in [0.15, 0.2) is 28.0 Å². The molecule has 3 rings (SSSR count). The van der Waals surface area contributed by atoms with E-state index in [9.17, 15) is 4.79 Å². The summed E-state index contributed by atoms with van der Waals surface area (Å²) in [6, 6.07) is 6.15. The maximum atomic E-state index is 12.2. The summed E-state index contributed by atoms with van der Waals surface area (Å²) < 4.78 is 5.48. The Labute approximate surface area is 176 Å². The Bertz CT molecular complexity index is 978. The van der Waals surface area contributed by atoms with E-state index in [0.29, 0.717) is 22.5 Å². The van der Waals surface area contributed by atoms with Crippen molar-refractivity contribution in [2.45, 2.75) is 46.2 Å². The number of aryl methyl sites for hydroxylation is 2. The van der Waals surface area contributed by atoms with Crippen LogP contribution in [0.25, 0.3) is 0 Å². The van der Waals surface area contributed by atoms with Gasteiger partial charge in [-0.1, -0.05) is 11.6 Å². The number of aliphatic imine (C=N–C) groups is 1. The van der Waals surface area contributed by atoms with E-state index in [4.69, 9.17) is 22.1 Å². The van der Waals surface area contributed by atoms with E-state index in [-0.39, 0.29) is 12.1 Å². The maximum absolute atomic E-state index is 12.2. The lowest BCUT2D eigenvalue weighted by Crippen LogP contribution is -2.37. The van der Waals surface area contributed by atoms with Crippen molar-refractivity contribution in [1.82, 2.24) is 4.98 Å². The second-order valence-electron chi connectivity index (χ2n) is 7.70. The third-order valence-corrected chi connectivity index (χ3v) is 5.86. The molecular weight excluding hydrogens is 388 g/mol. The van der Waals surface area contributed by atoms with Crippen molar-refractivity contribution in [1.29, 1.82) is 0 Å². The molecule has 2 aromatic rings. The molecule has 1 aromatic carbocycles. The van der Waals surface area contributed by atoms with Gasteiger partial charge >= 0.3 is 0 Å². The Kier molecular flexibility index (Phi) is 6.65. The Morgan fingerprint density at radius 2 is 1.97 bits per heavy atom. The van der Waals surface area contributed by atoms with E-state index in [1.54, 1.807) is 0 Å². The summed E-state index contributed by atoms with van der Waals surface area (Å²) in [6.45, 7) is 7.58. The highest BCUT2D eigenvalue weighted by Gasteiger charge is 2.22. The molecule has 0 unspecified atom stereocenters. The number of nitrogens with two attached hydrogens (primary N) is 1. The summed E-state index contributed by atoms with van der Waals surface area (Å²) in [6.07, 6.45) is 1.97. The lowest BCUT2D eigenvalue weighted by Gasteiger charge is -2.34. The average molecular weight is 417 g/mol. The van der Waals surface area contributed by atoms with E-state index in [1.165, 1.54) is 0 Å². The number of anilines is 1. The van der Waals surface area contributed by atoms with Gasteiger partial charge in [0.25, 0.3) is 5.56 Å². The molecule has 1 aliphatic rings. The molecule has 29 heavy (non-hydrogen) atoms. The second kappa shape index (κ2) is 9.01. The van der Waals surface area contributed by atoms with Crippen molar-refractivity contribution in [3.05, 3.63) is 61.5 Å². The third-order valence-electron chi connectivity index (χ3n) is 5.64. The minimum atomic E-state index is -0.123. The molecule has 0 aliphatic carbocycles. The topological polar surface area (TPSA) is 83.7 Å². The number of hydrogen-bond acceptors (Lipinski definition) is 4. The lowest BCUT2D eigenvalue weighted by atomic mass is 10.0. The quantitative estimate of drug-likeness (QED) is 0.577. The Balaban J connectivity index is 1.91. The monoisotopic (exact) mass is 416 g/mol. The minimum absolute atomic E-state index is 0.123. The molecule has 1 fully saturated rings. The maximum Gasteiger partial charge on any atom is 0.253 e. The van der Waals surface area contributed by atoms with Crippen LogP contribution in [0.3, 0.4) is 0 Å². The molecule has 6 nitrogen and oxygen atoms in total. The summed E-state index contributed by atoms with van der Waals surface area (Å²) in [4.78, 5) is 21.8. The smallest absolute Gasteiger partial charge is 0.253 e. The summed E-state index contributed by atoms with van der Waals surface area (Å²) in [5, 5.41) is 0.613. The van der Waals surface area contributed by atoms with Crippen LogP contribution in [0.2, 0.25) is 5.02 Å². The van der Waals surface area contributed by atoms with Crippen molar-refractivity contribution in [3.63, 3.8) is 0 Å². The molecule has 156 valence electrons. The fourth-order valence-electron chi connectivity index (χ4n) is 3.89. The van der Waals surface area contributed by atoms with Gasteiger partial charge in [0, 0.05) is 53.8 Å². The number of halogens is 1. The molecule has 2 heterocycles. The summed E-state index contributed by atoms with van der Waals surface area (Å²) in [5.41, 5.74) is 11.4. The van der Waals surface area contributed by atoms with Gasteiger partial charge < -0.3 is 20.4 Å². The molecule has 1 aromatic heterocycles. The molecule has 3 N–H and O–H groups in total. The molecule has 0 radical (unpaired) electrons. The van der Waals surface area contributed by atoms with Gasteiger partial charge in [-0.15, -0.1) is 0 Å². The minimum Gasteiger partial charge on any atom is -0.383 e. The van der Waals surface area contributed by atoms with Crippen molar-refractivity contribution >= 4 is 23.1 Å². The van der Waals surface area contributed by atoms with Gasteiger partial charge in [-0.25, -0.2) is 0 Å². The van der Waals surface area contributed by atoms with Crippen LogP contribution >= 0.6 is 11.6 Å². The van der Waals surface area contributed by atoms with Crippen LogP contribution in [-0.2, 0) is 11.3 Å². The number of amidine groups is 1. The van der Waals surface area contributed by atoms with Crippen LogP contribution < -0.4 is 16.2 Å². The second-order valence-corrected chi connectivity index (χ2v) is 8.13. The van der Waals surface area contributed by atoms with Crippen LogP contribution in [0.1, 0.15) is 40.8 Å². The standard InChI is InChI=1S/C22H29ClN4O2/c1-13-9-14(2)26-22(28)19(13)12-25-21(24)18-10-16(23)11-20(15(18)3)27(4)17-5-7-29-8-6-17/h9-11,17H,5-8,12H2,1-4H3,(H2,24,25)(H,26,28). The average Bonchev–Trinajstić information content (AvgIpc) is 2.68. The largest absolute Gasteiger partial charge is 0.383 e. The number of nitrogens with one attached hydrogen (secondary N) is 1. The Morgan fingerprint density at radius 3 is 2.62 bits per heavy atom. The van der Waals surface area contributed by atoms with Gasteiger partial charge in [0.05, 0.1) is 6.54 Å². The van der Waals surface area contributed by atoms with Crippen molar-refractivity contribution in [2.75, 3.05) is 25.2 Å². The molecule has 0 atom stereocenters. The van der Waals surface area contributed by atoms with E-state index >= 15 is 0 Å². The molecular formula is C22H29ClN4O2. The van der Waals surface area contributed by atoms with Crippen molar-refractivity contribution in [3.8, 4) is 0 Å². The van der Waals surface area contributed by atoms with Gasteiger partial charge in [-0.3, -0.25) is 9.79 Å². The zero-order valence-electron chi connectivity index (χ0n) is 17.5. The molecule has 7 heteroatoms. The number of hydrogen-bond donors (Lipinski definition) is 2. The van der Waals surface area contributed by atoms with Gasteiger partial charge in [-0.05, 0) is 62.9 Å². The highest BCUT2D eigenvalue weighted by molar-refractivity contribution is 6.31. The summed E-state index contributed by atoms with van der Waals surface area (Å²) in [7, 11) is 2.08. The van der Waals surface area contributed by atoms with Crippen molar-refractivity contribution in [2.24, 2.45) is 10.7 Å². The number of aromatic nitrogens is 1. The Hall–Kier alpha value is -2.31. The van der Waals surface area contributed by atoms with Crippen LogP contribution in [0.4, 0.5) is 5.69 Å². The van der Waals surface area contributed by atoms with Crippen LogP contribution in [-0.4, -0.2) is 37.1 Å². The highest BCUT2D eigenvalue weighted by Crippen LogP contribution is 2.30. The van der Waals surface area contributed by atoms with Gasteiger partial charge in [0.15, 0.2) is 0 Å². The van der Waals surface area contributed by atoms with Gasteiger partial charge in [0.2, 0.25) is 0 Å². The number of pyridine rings is 1. The Morgan fingerprint density at radius 1 is 1.28 bits per heavy atom. The predicted octanol–water partition coefficient (Wildman–Crippen LogP) is 3.47. The van der Waals surface area contributed by atoms with E-state index in [0.717, 1.165) is 54.1 Å². The highest BCUT2D eigenvalue weighted by atomic mass is 35.5. The number of nitrogens with zero attached hydrogens (tertiary/aromatic N) is 2. The van der Waals surface area contributed by atoms with E-state index in [2.05, 4.69) is 21.9 Å². The zero-order chi connectivity index (χ0) is 21.1. The molecule has 0 spiro atoms. The zero-order valence-corrected chi connectivity index (χ0v) is 18.3. The molecule has 0 amide bonds. The predicted molar refractivity (Wildman–Crippen MR) is 119 cm³/mol. The number of rotatable bonds is 5. The molecule has 0 bridgehead atoms. The summed E-state index contributed by atoms with van der Waals surface area (Å²) >= 11 is 6.42. The van der Waals surface area contributed by atoms with Crippen LogP contribution in [0, 0.1) is 20.8 Å². The number of aromatic amines is 1. The number of ether oxygens (including phenoxy) is 1. The molecule has 1 saturated heterocycles. The van der Waals surface area contributed by atoms with E-state index < -0.39 is 0 Å². The fourth-order valence-corrected chi connectivity index (χ4v) is 4.11. The molecule has 0 saturated carbocycles.